The minimum atomic E-state index is -5.02. The van der Waals surface area contributed by atoms with Gasteiger partial charge in [-0.15, -0.1) is 0 Å². The van der Waals surface area contributed by atoms with Crippen LogP contribution in [0.1, 0.15) is 45.4 Å². The smallest absolute Gasteiger partial charge is 0.392 e. The van der Waals surface area contributed by atoms with E-state index in [1.54, 1.807) is 0 Å². The summed E-state index contributed by atoms with van der Waals surface area (Å²) in [5, 5.41) is 0. The molecular formula is C18H26F6O2. The predicted molar refractivity (Wildman–Crippen MR) is 85.8 cm³/mol. The van der Waals surface area contributed by atoms with Gasteiger partial charge < -0.3 is 4.74 Å². The largest absolute Gasteiger partial charge is 0.459 e. The van der Waals surface area contributed by atoms with Crippen LogP contribution in [-0.4, -0.2) is 38.3 Å². The number of halogens is 6. The standard InChI is InChI=1S/C18H26F6O2/c1-12(2)16(25)26-14(13-6-4-3-5-7-13)8-15(18(22,23)24)17(9-19,10-20)11-21/h13-15H,1,3-11H2,2H3. The molecule has 2 atom stereocenters. The first-order chi connectivity index (χ1) is 12.1. The Labute approximate surface area is 150 Å². The fraction of sp³-hybridized carbons (Fsp3) is 0.833. The Balaban J connectivity index is 3.15. The molecule has 1 saturated carbocycles. The molecule has 0 aromatic rings. The number of rotatable bonds is 9. The van der Waals surface area contributed by atoms with Crippen molar-refractivity contribution < 1.29 is 35.9 Å². The monoisotopic (exact) mass is 388 g/mol. The zero-order chi connectivity index (χ0) is 20.0. The van der Waals surface area contributed by atoms with Crippen LogP contribution in [0.25, 0.3) is 0 Å². The van der Waals surface area contributed by atoms with Crippen LogP contribution < -0.4 is 0 Å². The molecule has 0 heterocycles. The highest BCUT2D eigenvalue weighted by Gasteiger charge is 2.55. The second kappa shape index (κ2) is 9.65. The molecule has 1 aliphatic carbocycles. The van der Waals surface area contributed by atoms with E-state index in [0.29, 0.717) is 12.8 Å². The van der Waals surface area contributed by atoms with Crippen LogP contribution in [0.2, 0.25) is 0 Å². The number of alkyl halides is 6. The molecule has 0 saturated heterocycles. The molecule has 0 bridgehead atoms. The van der Waals surface area contributed by atoms with Gasteiger partial charge in [0.05, 0.1) is 11.3 Å². The van der Waals surface area contributed by atoms with Gasteiger partial charge in [-0.2, -0.15) is 13.2 Å². The maximum atomic E-state index is 13.5. The molecule has 0 aromatic carbocycles. The molecule has 1 rings (SSSR count). The number of carbonyl (C=O) groups is 1. The first-order valence-corrected chi connectivity index (χ1v) is 8.72. The van der Waals surface area contributed by atoms with E-state index in [2.05, 4.69) is 6.58 Å². The number of carbonyl (C=O) groups excluding carboxylic acids is 1. The van der Waals surface area contributed by atoms with Crippen molar-refractivity contribution in [2.45, 2.75) is 57.7 Å². The predicted octanol–water partition coefficient (Wildman–Crippen LogP) is 5.52. The summed E-state index contributed by atoms with van der Waals surface area (Å²) in [5.41, 5.74) is -2.79. The Hall–Kier alpha value is -1.21. The van der Waals surface area contributed by atoms with Gasteiger partial charge in [0.2, 0.25) is 0 Å². The Morgan fingerprint density at radius 1 is 1.08 bits per heavy atom. The molecule has 8 heteroatoms. The first-order valence-electron chi connectivity index (χ1n) is 8.72. The van der Waals surface area contributed by atoms with Gasteiger partial charge >= 0.3 is 12.1 Å². The lowest BCUT2D eigenvalue weighted by Crippen LogP contribution is -2.48. The topological polar surface area (TPSA) is 26.3 Å². The Morgan fingerprint density at radius 2 is 1.58 bits per heavy atom. The summed E-state index contributed by atoms with van der Waals surface area (Å²) in [6.07, 6.45) is -3.51. The second-order valence-corrected chi connectivity index (χ2v) is 7.22. The maximum absolute atomic E-state index is 13.5. The average Bonchev–Trinajstić information content (AvgIpc) is 2.61. The van der Waals surface area contributed by atoms with Crippen LogP contribution in [0.4, 0.5) is 26.3 Å². The van der Waals surface area contributed by atoms with Crippen LogP contribution in [-0.2, 0) is 9.53 Å². The van der Waals surface area contributed by atoms with E-state index in [-0.39, 0.29) is 11.5 Å². The third kappa shape index (κ3) is 5.64. The number of hydrogen-bond acceptors (Lipinski definition) is 2. The normalized spacial score (nSPS) is 19.0. The molecule has 0 spiro atoms. The van der Waals surface area contributed by atoms with Crippen molar-refractivity contribution in [1.29, 1.82) is 0 Å². The van der Waals surface area contributed by atoms with Crippen molar-refractivity contribution in [2.24, 2.45) is 17.3 Å². The fourth-order valence-corrected chi connectivity index (χ4v) is 3.43. The molecule has 0 radical (unpaired) electrons. The van der Waals surface area contributed by atoms with Gasteiger partial charge in [-0.3, -0.25) is 13.2 Å². The SMILES string of the molecule is C=C(C)C(=O)OC(CC(C(F)(F)F)C(CF)(CF)CF)C1CCCCC1. The summed E-state index contributed by atoms with van der Waals surface area (Å²) < 4.78 is 85.7. The van der Waals surface area contributed by atoms with E-state index in [9.17, 15) is 31.1 Å². The Bertz CT molecular complexity index is 459. The number of esters is 1. The number of ether oxygens (including phenoxy) is 1. The molecule has 0 N–H and O–H groups in total. The van der Waals surface area contributed by atoms with Gasteiger partial charge in [0, 0.05) is 5.57 Å². The van der Waals surface area contributed by atoms with Gasteiger partial charge in [0.15, 0.2) is 0 Å². The number of hydrogen-bond donors (Lipinski definition) is 0. The third-order valence-corrected chi connectivity index (χ3v) is 5.18. The fourth-order valence-electron chi connectivity index (χ4n) is 3.43. The van der Waals surface area contributed by atoms with E-state index in [1.165, 1.54) is 6.92 Å². The molecule has 2 unspecified atom stereocenters. The van der Waals surface area contributed by atoms with Gasteiger partial charge in [0.1, 0.15) is 26.1 Å². The van der Waals surface area contributed by atoms with Gasteiger partial charge in [-0.25, -0.2) is 4.79 Å². The molecule has 152 valence electrons. The van der Waals surface area contributed by atoms with Crippen molar-refractivity contribution in [3.05, 3.63) is 12.2 Å². The van der Waals surface area contributed by atoms with Crippen LogP contribution in [0, 0.1) is 17.3 Å². The molecule has 0 aromatic heterocycles. The van der Waals surface area contributed by atoms with E-state index in [1.807, 2.05) is 0 Å². The quantitative estimate of drug-likeness (QED) is 0.295. The summed E-state index contributed by atoms with van der Waals surface area (Å²) in [7, 11) is 0. The first kappa shape index (κ1) is 22.8. The van der Waals surface area contributed by atoms with Crippen LogP contribution >= 0.6 is 0 Å². The van der Waals surface area contributed by atoms with Gasteiger partial charge in [-0.1, -0.05) is 25.8 Å². The highest BCUT2D eigenvalue weighted by molar-refractivity contribution is 5.87. The van der Waals surface area contributed by atoms with Crippen LogP contribution in [0.3, 0.4) is 0 Å². The Kier molecular flexibility index (Phi) is 8.47. The summed E-state index contributed by atoms with van der Waals surface area (Å²) in [6, 6.07) is 0. The lowest BCUT2D eigenvalue weighted by molar-refractivity contribution is -0.227. The molecule has 1 aliphatic rings. The van der Waals surface area contributed by atoms with E-state index in [4.69, 9.17) is 4.74 Å². The molecular weight excluding hydrogens is 362 g/mol. The van der Waals surface area contributed by atoms with Crippen LogP contribution in [0.15, 0.2) is 12.2 Å². The van der Waals surface area contributed by atoms with Crippen molar-refractivity contribution in [3.8, 4) is 0 Å². The zero-order valence-corrected chi connectivity index (χ0v) is 14.9. The second-order valence-electron chi connectivity index (χ2n) is 7.22. The molecule has 1 fully saturated rings. The molecule has 26 heavy (non-hydrogen) atoms. The lowest BCUT2D eigenvalue weighted by Gasteiger charge is -2.39. The Morgan fingerprint density at radius 3 is 1.96 bits per heavy atom. The molecule has 0 amide bonds. The summed E-state index contributed by atoms with van der Waals surface area (Å²) in [5.74, 6) is -3.79. The molecule has 2 nitrogen and oxygen atoms in total. The summed E-state index contributed by atoms with van der Waals surface area (Å²) in [6.45, 7) is -0.586. The van der Waals surface area contributed by atoms with Crippen molar-refractivity contribution in [1.82, 2.24) is 0 Å². The average molecular weight is 388 g/mol. The molecule has 0 aliphatic heterocycles. The van der Waals surface area contributed by atoms with Gasteiger partial charge in [0.25, 0.3) is 0 Å². The van der Waals surface area contributed by atoms with E-state index < -0.39 is 56.0 Å². The minimum absolute atomic E-state index is 0.0158. The zero-order valence-electron chi connectivity index (χ0n) is 14.9. The van der Waals surface area contributed by atoms with E-state index >= 15 is 0 Å². The summed E-state index contributed by atoms with van der Waals surface area (Å²) in [4.78, 5) is 11.9. The van der Waals surface area contributed by atoms with Crippen molar-refractivity contribution in [2.75, 3.05) is 20.0 Å². The minimum Gasteiger partial charge on any atom is -0.459 e. The maximum Gasteiger partial charge on any atom is 0.392 e. The van der Waals surface area contributed by atoms with E-state index in [0.717, 1.165) is 19.3 Å². The third-order valence-electron chi connectivity index (χ3n) is 5.18. The highest BCUT2D eigenvalue weighted by Crippen LogP contribution is 2.46. The van der Waals surface area contributed by atoms with Crippen LogP contribution in [0.5, 0.6) is 0 Å². The lowest BCUT2D eigenvalue weighted by atomic mass is 9.72. The highest BCUT2D eigenvalue weighted by atomic mass is 19.4. The summed E-state index contributed by atoms with van der Waals surface area (Å²) >= 11 is 0. The van der Waals surface area contributed by atoms with Crippen molar-refractivity contribution >= 4 is 5.97 Å². The van der Waals surface area contributed by atoms with Crippen molar-refractivity contribution in [3.63, 3.8) is 0 Å². The van der Waals surface area contributed by atoms with Gasteiger partial charge in [-0.05, 0) is 32.1 Å².